The Kier molecular flexibility index (Phi) is 5.76. The molecule has 156 valence electrons. The van der Waals surface area contributed by atoms with Gasteiger partial charge in [0.15, 0.2) is 0 Å². The second kappa shape index (κ2) is 8.97. The average Bonchev–Trinajstić information content (AvgIpc) is 3.19. The van der Waals surface area contributed by atoms with E-state index in [1.165, 1.54) is 24.1 Å². The second-order valence-corrected chi connectivity index (χ2v) is 8.40. The highest BCUT2D eigenvalue weighted by atomic mass is 16.5. The van der Waals surface area contributed by atoms with Gasteiger partial charge in [-0.25, -0.2) is 0 Å². The van der Waals surface area contributed by atoms with Crippen LogP contribution in [-0.4, -0.2) is 35.7 Å². The molecule has 0 aliphatic carbocycles. The Morgan fingerprint density at radius 3 is 2.57 bits per heavy atom. The summed E-state index contributed by atoms with van der Waals surface area (Å²) in [4.78, 5) is 2.58. The van der Waals surface area contributed by atoms with Gasteiger partial charge in [0.25, 0.3) is 0 Å². The molecule has 5 rings (SSSR count). The molecule has 4 heteroatoms. The monoisotopic (exact) mass is 402 g/mol. The molecule has 30 heavy (non-hydrogen) atoms. The number of fused-ring (bicyclic) bond motifs is 2. The van der Waals surface area contributed by atoms with E-state index in [2.05, 4.69) is 52.1 Å². The van der Waals surface area contributed by atoms with Crippen molar-refractivity contribution in [1.82, 2.24) is 9.47 Å². The van der Waals surface area contributed by atoms with Gasteiger partial charge in [0.05, 0.1) is 18.8 Å². The van der Waals surface area contributed by atoms with Crippen molar-refractivity contribution in [3.05, 3.63) is 84.2 Å². The third kappa shape index (κ3) is 4.24. The topological polar surface area (TPSA) is 26.6 Å². The highest BCUT2D eigenvalue weighted by molar-refractivity contribution is 5.36. The molecule has 1 unspecified atom stereocenters. The fraction of sp³-hybridized carbons (Fsp3) is 0.385. The number of para-hydroxylation sites is 2. The van der Waals surface area contributed by atoms with E-state index in [0.29, 0.717) is 5.92 Å². The molecule has 2 aliphatic heterocycles. The van der Waals surface area contributed by atoms with Gasteiger partial charge < -0.3 is 18.9 Å². The molecule has 0 amide bonds. The van der Waals surface area contributed by atoms with Gasteiger partial charge in [-0.15, -0.1) is 0 Å². The number of hydrogen-bond donors (Lipinski definition) is 0. The van der Waals surface area contributed by atoms with Crippen LogP contribution in [0.2, 0.25) is 0 Å². The Balaban J connectivity index is 1.16. The number of hydrogen-bond acceptors (Lipinski definition) is 3. The fourth-order valence-corrected chi connectivity index (χ4v) is 4.77. The van der Waals surface area contributed by atoms with Crippen molar-refractivity contribution in [1.29, 1.82) is 0 Å². The number of rotatable bonds is 6. The summed E-state index contributed by atoms with van der Waals surface area (Å²) < 4.78 is 14.8. The van der Waals surface area contributed by atoms with Crippen molar-refractivity contribution in [2.75, 3.05) is 26.2 Å². The van der Waals surface area contributed by atoms with Crippen molar-refractivity contribution >= 4 is 0 Å². The summed E-state index contributed by atoms with van der Waals surface area (Å²) in [6.07, 6.45) is 5.76. The molecule has 0 saturated carbocycles. The average molecular weight is 403 g/mol. The normalized spacial score (nSPS) is 19.4. The first-order valence-electron chi connectivity index (χ1n) is 11.2. The number of ether oxygens (including phenoxy) is 2. The molecule has 3 heterocycles. The van der Waals surface area contributed by atoms with Gasteiger partial charge in [0, 0.05) is 24.2 Å². The van der Waals surface area contributed by atoms with Crippen molar-refractivity contribution in [2.24, 2.45) is 5.92 Å². The first-order chi connectivity index (χ1) is 14.9. The van der Waals surface area contributed by atoms with E-state index in [-0.39, 0.29) is 6.10 Å². The van der Waals surface area contributed by atoms with Gasteiger partial charge in [0.2, 0.25) is 0 Å². The Hall–Kier alpha value is -2.72. The Labute approximate surface area is 179 Å². The number of likely N-dealkylation sites (tertiary alicyclic amines) is 1. The van der Waals surface area contributed by atoms with Crippen LogP contribution >= 0.6 is 0 Å². The molecular weight excluding hydrogens is 372 g/mol. The van der Waals surface area contributed by atoms with Gasteiger partial charge >= 0.3 is 0 Å². The molecule has 1 atom stereocenters. The molecule has 2 aromatic carbocycles. The van der Waals surface area contributed by atoms with Crippen molar-refractivity contribution < 1.29 is 9.47 Å². The smallest absolute Gasteiger partial charge is 0.141 e. The number of benzene rings is 2. The first-order valence-corrected chi connectivity index (χ1v) is 11.2. The van der Waals surface area contributed by atoms with E-state index >= 15 is 0 Å². The summed E-state index contributed by atoms with van der Waals surface area (Å²) in [5.41, 5.74) is 2.59. The predicted molar refractivity (Wildman–Crippen MR) is 119 cm³/mol. The molecule has 2 aliphatic rings. The van der Waals surface area contributed by atoms with E-state index in [1.807, 2.05) is 30.3 Å². The zero-order valence-electron chi connectivity index (χ0n) is 17.5. The summed E-state index contributed by atoms with van der Waals surface area (Å²) in [7, 11) is 0. The van der Waals surface area contributed by atoms with E-state index < -0.39 is 0 Å². The molecule has 1 saturated heterocycles. The summed E-state index contributed by atoms with van der Waals surface area (Å²) in [6, 6.07) is 23.0. The minimum Gasteiger partial charge on any atom is -0.494 e. The van der Waals surface area contributed by atoms with Gasteiger partial charge in [0.1, 0.15) is 17.6 Å². The maximum Gasteiger partial charge on any atom is 0.141 e. The number of piperidine rings is 1. The Bertz CT molecular complexity index is 944. The van der Waals surface area contributed by atoms with E-state index in [0.717, 1.165) is 50.7 Å². The van der Waals surface area contributed by atoms with Crippen LogP contribution in [0.3, 0.4) is 0 Å². The van der Waals surface area contributed by atoms with Crippen molar-refractivity contribution in [2.45, 2.75) is 31.9 Å². The van der Waals surface area contributed by atoms with Gasteiger partial charge in [-0.05, 0) is 62.7 Å². The maximum atomic E-state index is 6.60. The molecule has 0 N–H and O–H groups in total. The van der Waals surface area contributed by atoms with E-state index in [9.17, 15) is 0 Å². The van der Waals surface area contributed by atoms with Crippen LogP contribution in [0.4, 0.5) is 0 Å². The number of nitrogens with zero attached hydrogens (tertiary/aromatic N) is 2. The molecule has 0 bridgehead atoms. The van der Waals surface area contributed by atoms with Crippen molar-refractivity contribution in [3.63, 3.8) is 0 Å². The van der Waals surface area contributed by atoms with Crippen molar-refractivity contribution in [3.8, 4) is 11.5 Å². The molecular formula is C26H30N2O2. The lowest BCUT2D eigenvalue weighted by Gasteiger charge is -2.36. The molecule has 3 aromatic rings. The lowest BCUT2D eigenvalue weighted by Crippen LogP contribution is -2.37. The summed E-state index contributed by atoms with van der Waals surface area (Å²) in [6.45, 7) is 5.05. The van der Waals surface area contributed by atoms with E-state index in [1.54, 1.807) is 0 Å². The minimum absolute atomic E-state index is 0.146. The highest BCUT2D eigenvalue weighted by Gasteiger charge is 2.32. The van der Waals surface area contributed by atoms with E-state index in [4.69, 9.17) is 9.47 Å². The lowest BCUT2D eigenvalue weighted by molar-refractivity contribution is 0.0722. The van der Waals surface area contributed by atoms with Gasteiger partial charge in [-0.2, -0.15) is 0 Å². The first kappa shape index (κ1) is 19.3. The maximum absolute atomic E-state index is 6.60. The fourth-order valence-electron chi connectivity index (χ4n) is 4.77. The Morgan fingerprint density at radius 2 is 1.70 bits per heavy atom. The summed E-state index contributed by atoms with van der Waals surface area (Å²) in [5, 5.41) is 0. The summed E-state index contributed by atoms with van der Waals surface area (Å²) in [5.74, 6) is 2.57. The van der Waals surface area contributed by atoms with Crippen LogP contribution in [0.5, 0.6) is 11.5 Å². The predicted octanol–water partition coefficient (Wildman–Crippen LogP) is 5.15. The van der Waals surface area contributed by atoms with Crippen LogP contribution in [0.25, 0.3) is 0 Å². The zero-order chi connectivity index (χ0) is 20.2. The zero-order valence-corrected chi connectivity index (χ0v) is 17.5. The van der Waals surface area contributed by atoms with Crippen LogP contribution in [-0.2, 0) is 6.54 Å². The third-order valence-electron chi connectivity index (χ3n) is 6.41. The van der Waals surface area contributed by atoms with Crippen LogP contribution in [0, 0.1) is 5.92 Å². The Morgan fingerprint density at radius 1 is 0.900 bits per heavy atom. The molecule has 0 radical (unpaired) electrons. The number of aromatic nitrogens is 1. The quantitative estimate of drug-likeness (QED) is 0.534. The SMILES string of the molecule is c1ccc(OCCCN2CCC(C3Oc4ccccc4Cn4cccc43)CC2)cc1. The standard InChI is InChI=1S/C26H30N2O2/c1-2-9-23(10-3-1)29-19-7-15-27-17-13-21(14-18-27)26-24-11-6-16-28(24)20-22-8-4-5-12-25(22)30-26/h1-6,8-12,16,21,26H,7,13-15,17-20H2. The highest BCUT2D eigenvalue weighted by Crippen LogP contribution is 2.38. The lowest BCUT2D eigenvalue weighted by atomic mass is 9.89. The second-order valence-electron chi connectivity index (χ2n) is 8.40. The minimum atomic E-state index is 0.146. The van der Waals surface area contributed by atoms with Gasteiger partial charge in [-0.3, -0.25) is 0 Å². The molecule has 1 aromatic heterocycles. The molecule has 0 spiro atoms. The largest absolute Gasteiger partial charge is 0.494 e. The molecule has 4 nitrogen and oxygen atoms in total. The van der Waals surface area contributed by atoms with Crippen LogP contribution < -0.4 is 9.47 Å². The summed E-state index contributed by atoms with van der Waals surface area (Å²) >= 11 is 0. The van der Waals surface area contributed by atoms with Crippen LogP contribution in [0.1, 0.15) is 36.6 Å². The van der Waals surface area contributed by atoms with Crippen LogP contribution in [0.15, 0.2) is 72.9 Å². The van der Waals surface area contributed by atoms with Gasteiger partial charge in [-0.1, -0.05) is 36.4 Å². The third-order valence-corrected chi connectivity index (χ3v) is 6.41. The molecule has 1 fully saturated rings.